The van der Waals surface area contributed by atoms with Crippen molar-refractivity contribution in [3.8, 4) is 0 Å². The molecule has 0 radical (unpaired) electrons. The highest BCUT2D eigenvalue weighted by Gasteiger charge is 2.11. The first-order chi connectivity index (χ1) is 10.1. The molecule has 0 aliphatic heterocycles. The molecule has 0 atom stereocenters. The lowest BCUT2D eigenvalue weighted by Crippen LogP contribution is -2.30. The van der Waals surface area contributed by atoms with Crippen molar-refractivity contribution in [1.29, 1.82) is 0 Å². The fraction of sp³-hybridized carbons (Fsp3) is 0.167. The molecular formula is C12H11FN4O4. The van der Waals surface area contributed by atoms with Crippen molar-refractivity contribution in [2.75, 3.05) is 11.9 Å². The van der Waals surface area contributed by atoms with E-state index in [1.165, 1.54) is 12.5 Å². The third-order valence-electron chi connectivity index (χ3n) is 2.50. The highest BCUT2D eigenvalue weighted by Crippen LogP contribution is 2.14. The molecule has 0 bridgehead atoms. The summed E-state index contributed by atoms with van der Waals surface area (Å²) in [6.45, 7) is 0.265. The number of carbonyl (C=O) groups is 2. The highest BCUT2D eigenvalue weighted by molar-refractivity contribution is 5.91. The number of anilines is 1. The van der Waals surface area contributed by atoms with E-state index >= 15 is 0 Å². The van der Waals surface area contributed by atoms with Gasteiger partial charge in [0.2, 0.25) is 6.39 Å². The van der Waals surface area contributed by atoms with E-state index in [1.807, 2.05) is 0 Å². The zero-order chi connectivity index (χ0) is 15.2. The first-order valence-electron chi connectivity index (χ1n) is 5.89. The zero-order valence-electron chi connectivity index (χ0n) is 10.7. The Morgan fingerprint density at radius 1 is 1.38 bits per heavy atom. The number of carboxylic acid groups (broad SMARTS) is 1. The number of carboxylic acids is 1. The van der Waals surface area contributed by atoms with Crippen LogP contribution in [0, 0.1) is 5.82 Å². The van der Waals surface area contributed by atoms with E-state index in [9.17, 15) is 14.0 Å². The standard InChI is InChI=1S/C12H11FN4O4/c13-9-5-7(1-2-8(9)11(18)19)16-12(20)14-4-3-10-15-6-21-17-10/h1-2,5-6H,3-4H2,(H,18,19)(H2,14,16,20). The summed E-state index contributed by atoms with van der Waals surface area (Å²) in [5.74, 6) is -1.84. The topological polar surface area (TPSA) is 117 Å². The van der Waals surface area contributed by atoms with Crippen molar-refractivity contribution in [1.82, 2.24) is 15.5 Å². The predicted molar refractivity (Wildman–Crippen MR) is 68.4 cm³/mol. The molecule has 0 unspecified atom stereocenters. The average Bonchev–Trinajstić information content (AvgIpc) is 2.91. The summed E-state index contributed by atoms with van der Waals surface area (Å²) in [7, 11) is 0. The fourth-order valence-corrected chi connectivity index (χ4v) is 1.53. The van der Waals surface area contributed by atoms with E-state index in [2.05, 4.69) is 25.3 Å². The smallest absolute Gasteiger partial charge is 0.338 e. The maximum Gasteiger partial charge on any atom is 0.338 e. The van der Waals surface area contributed by atoms with E-state index in [0.717, 1.165) is 12.1 Å². The second-order valence-corrected chi connectivity index (χ2v) is 3.98. The average molecular weight is 294 g/mol. The number of aromatic nitrogens is 2. The Kier molecular flexibility index (Phi) is 4.44. The van der Waals surface area contributed by atoms with E-state index in [0.29, 0.717) is 12.2 Å². The van der Waals surface area contributed by atoms with Crippen molar-refractivity contribution in [2.24, 2.45) is 0 Å². The van der Waals surface area contributed by atoms with Crippen molar-refractivity contribution in [3.63, 3.8) is 0 Å². The molecule has 0 fully saturated rings. The second-order valence-electron chi connectivity index (χ2n) is 3.98. The SMILES string of the molecule is O=C(NCCc1ncon1)Nc1ccc(C(=O)O)c(F)c1. The van der Waals surface area contributed by atoms with Gasteiger partial charge in [-0.3, -0.25) is 0 Å². The Labute approximate surface area is 118 Å². The number of nitrogens with one attached hydrogen (secondary N) is 2. The van der Waals surface area contributed by atoms with Gasteiger partial charge in [-0.25, -0.2) is 14.0 Å². The molecule has 9 heteroatoms. The molecular weight excluding hydrogens is 283 g/mol. The summed E-state index contributed by atoms with van der Waals surface area (Å²) in [4.78, 5) is 26.0. The normalized spacial score (nSPS) is 10.1. The Morgan fingerprint density at radius 2 is 2.19 bits per heavy atom. The quantitative estimate of drug-likeness (QED) is 0.764. The third kappa shape index (κ3) is 4.00. The van der Waals surface area contributed by atoms with Crippen LogP contribution in [0.2, 0.25) is 0 Å². The largest absolute Gasteiger partial charge is 0.478 e. The zero-order valence-corrected chi connectivity index (χ0v) is 10.7. The minimum atomic E-state index is -1.37. The minimum Gasteiger partial charge on any atom is -0.478 e. The monoisotopic (exact) mass is 294 g/mol. The van der Waals surface area contributed by atoms with Gasteiger partial charge in [0.15, 0.2) is 5.82 Å². The van der Waals surface area contributed by atoms with Gasteiger partial charge in [-0.05, 0) is 18.2 Å². The van der Waals surface area contributed by atoms with Crippen molar-refractivity contribution >= 4 is 17.7 Å². The Bertz CT molecular complexity index is 645. The van der Waals surface area contributed by atoms with Gasteiger partial charge in [0.1, 0.15) is 5.82 Å². The summed E-state index contributed by atoms with van der Waals surface area (Å²) in [5, 5.41) is 17.2. The van der Waals surface area contributed by atoms with E-state index in [4.69, 9.17) is 5.11 Å². The molecule has 0 aliphatic rings. The molecule has 0 saturated carbocycles. The van der Waals surface area contributed by atoms with Crippen LogP contribution in [0.1, 0.15) is 16.2 Å². The Balaban J connectivity index is 1.85. The van der Waals surface area contributed by atoms with Crippen LogP contribution < -0.4 is 10.6 Å². The number of carbonyl (C=O) groups excluding carboxylic acids is 1. The number of urea groups is 1. The molecule has 3 N–H and O–H groups in total. The molecule has 2 aromatic rings. The van der Waals surface area contributed by atoms with Gasteiger partial charge in [0.05, 0.1) is 5.56 Å². The molecule has 0 spiro atoms. The summed E-state index contributed by atoms with van der Waals surface area (Å²) in [5.41, 5.74) is -0.312. The highest BCUT2D eigenvalue weighted by atomic mass is 19.1. The number of benzene rings is 1. The van der Waals surface area contributed by atoms with Gasteiger partial charge in [0.25, 0.3) is 0 Å². The summed E-state index contributed by atoms with van der Waals surface area (Å²) >= 11 is 0. The third-order valence-corrected chi connectivity index (χ3v) is 2.50. The molecule has 110 valence electrons. The molecule has 0 aliphatic carbocycles. The van der Waals surface area contributed by atoms with E-state index in [1.54, 1.807) is 0 Å². The van der Waals surface area contributed by atoms with Crippen LogP contribution in [0.5, 0.6) is 0 Å². The number of amides is 2. The van der Waals surface area contributed by atoms with E-state index < -0.39 is 23.4 Å². The lowest BCUT2D eigenvalue weighted by molar-refractivity contribution is 0.0692. The fourth-order valence-electron chi connectivity index (χ4n) is 1.53. The predicted octanol–water partition coefficient (Wildman–Crippen LogP) is 1.27. The molecule has 8 nitrogen and oxygen atoms in total. The van der Waals surface area contributed by atoms with E-state index in [-0.39, 0.29) is 12.2 Å². The van der Waals surface area contributed by atoms with Gasteiger partial charge < -0.3 is 20.3 Å². The van der Waals surface area contributed by atoms with Gasteiger partial charge in [-0.1, -0.05) is 5.16 Å². The Hall–Kier alpha value is -2.97. The van der Waals surface area contributed by atoms with Gasteiger partial charge in [-0.2, -0.15) is 4.98 Å². The first kappa shape index (κ1) is 14.4. The van der Waals surface area contributed by atoms with Crippen LogP contribution in [-0.2, 0) is 6.42 Å². The number of halogens is 1. The van der Waals surface area contributed by atoms with Gasteiger partial charge >= 0.3 is 12.0 Å². The molecule has 2 amide bonds. The Morgan fingerprint density at radius 3 is 2.81 bits per heavy atom. The molecule has 1 heterocycles. The molecule has 0 saturated heterocycles. The summed E-state index contributed by atoms with van der Waals surface area (Å²) < 4.78 is 17.9. The number of rotatable bonds is 5. The summed E-state index contributed by atoms with van der Waals surface area (Å²) in [6, 6.07) is 2.75. The second kappa shape index (κ2) is 6.46. The van der Waals surface area contributed by atoms with Gasteiger partial charge in [0, 0.05) is 18.7 Å². The van der Waals surface area contributed by atoms with Crippen molar-refractivity contribution < 1.29 is 23.6 Å². The van der Waals surface area contributed by atoms with Crippen molar-refractivity contribution in [2.45, 2.75) is 6.42 Å². The molecule has 1 aromatic heterocycles. The summed E-state index contributed by atoms with van der Waals surface area (Å²) in [6.07, 6.45) is 1.57. The maximum atomic E-state index is 13.4. The van der Waals surface area contributed by atoms with Crippen LogP contribution in [0.3, 0.4) is 0 Å². The van der Waals surface area contributed by atoms with Crippen LogP contribution in [-0.4, -0.2) is 33.8 Å². The van der Waals surface area contributed by atoms with Crippen LogP contribution in [0.4, 0.5) is 14.9 Å². The lowest BCUT2D eigenvalue weighted by Gasteiger charge is -2.07. The number of hydrogen-bond donors (Lipinski definition) is 3. The number of nitrogens with zero attached hydrogens (tertiary/aromatic N) is 2. The van der Waals surface area contributed by atoms with Crippen LogP contribution in [0.25, 0.3) is 0 Å². The number of hydrogen-bond acceptors (Lipinski definition) is 5. The number of aromatic carboxylic acids is 1. The van der Waals surface area contributed by atoms with Crippen molar-refractivity contribution in [3.05, 3.63) is 41.8 Å². The maximum absolute atomic E-state index is 13.4. The first-order valence-corrected chi connectivity index (χ1v) is 5.89. The van der Waals surface area contributed by atoms with Gasteiger partial charge in [-0.15, -0.1) is 0 Å². The van der Waals surface area contributed by atoms with Crippen LogP contribution in [0.15, 0.2) is 29.1 Å². The van der Waals surface area contributed by atoms with Crippen LogP contribution >= 0.6 is 0 Å². The molecule has 1 aromatic carbocycles. The lowest BCUT2D eigenvalue weighted by atomic mass is 10.2. The minimum absolute atomic E-state index is 0.148. The molecule has 21 heavy (non-hydrogen) atoms. The molecule has 2 rings (SSSR count).